The minimum atomic E-state index is 0.0668. The number of carbonyl (C=O) groups is 1. The number of nitrogens with zero attached hydrogens (tertiary/aromatic N) is 1. The summed E-state index contributed by atoms with van der Waals surface area (Å²) in [7, 11) is 0. The normalized spacial score (nSPS) is 11.3. The molecule has 0 aromatic heterocycles. The van der Waals surface area contributed by atoms with E-state index >= 15 is 0 Å². The standard InChI is InChI=1S/C14H18INO2/c15-8-9-16(10-11-17)12-14(18)7-6-13-4-2-1-3-5-13/h1-7,17H,8-12H2/b7-6+. The molecule has 1 N–H and O–H groups in total. The average Bonchev–Trinajstić information content (AvgIpc) is 2.38. The lowest BCUT2D eigenvalue weighted by molar-refractivity contribution is -0.115. The Labute approximate surface area is 122 Å². The highest BCUT2D eigenvalue weighted by Gasteiger charge is 2.06. The van der Waals surface area contributed by atoms with E-state index in [1.165, 1.54) is 0 Å². The second kappa shape index (κ2) is 9.24. The van der Waals surface area contributed by atoms with Crippen LogP contribution in [0.4, 0.5) is 0 Å². The Morgan fingerprint density at radius 2 is 2.00 bits per heavy atom. The fourth-order valence-electron chi connectivity index (χ4n) is 1.56. The third kappa shape index (κ3) is 6.28. The first-order valence-electron chi connectivity index (χ1n) is 5.91. The van der Waals surface area contributed by atoms with Gasteiger partial charge in [-0.15, -0.1) is 0 Å². The second-order valence-electron chi connectivity index (χ2n) is 3.90. The molecule has 0 aliphatic heterocycles. The molecule has 0 saturated carbocycles. The molecule has 3 nitrogen and oxygen atoms in total. The maximum Gasteiger partial charge on any atom is 0.169 e. The molecule has 0 aliphatic carbocycles. The highest BCUT2D eigenvalue weighted by atomic mass is 127. The van der Waals surface area contributed by atoms with E-state index in [9.17, 15) is 4.79 Å². The molecule has 98 valence electrons. The Hall–Kier alpha value is -0.720. The van der Waals surface area contributed by atoms with E-state index in [0.717, 1.165) is 16.5 Å². The summed E-state index contributed by atoms with van der Waals surface area (Å²) in [6, 6.07) is 9.75. The van der Waals surface area contributed by atoms with E-state index in [-0.39, 0.29) is 12.4 Å². The SMILES string of the molecule is O=C(/C=C/c1ccccc1)CN(CCO)CCI. The van der Waals surface area contributed by atoms with Crippen molar-refractivity contribution in [1.29, 1.82) is 0 Å². The summed E-state index contributed by atoms with van der Waals surface area (Å²) in [6.07, 6.45) is 3.43. The number of hydrogen-bond donors (Lipinski definition) is 1. The summed E-state index contributed by atoms with van der Waals surface area (Å²) in [5.74, 6) is 0.0668. The molecule has 0 bridgehead atoms. The van der Waals surface area contributed by atoms with Crippen molar-refractivity contribution in [1.82, 2.24) is 4.90 Å². The van der Waals surface area contributed by atoms with Crippen LogP contribution in [0.5, 0.6) is 0 Å². The van der Waals surface area contributed by atoms with Gasteiger partial charge in [0.25, 0.3) is 0 Å². The number of aliphatic hydroxyl groups excluding tert-OH is 1. The molecular weight excluding hydrogens is 341 g/mol. The smallest absolute Gasteiger partial charge is 0.169 e. The van der Waals surface area contributed by atoms with Gasteiger partial charge in [0.15, 0.2) is 5.78 Å². The van der Waals surface area contributed by atoms with Crippen LogP contribution in [0, 0.1) is 0 Å². The number of aliphatic hydroxyl groups is 1. The number of halogens is 1. The molecule has 0 amide bonds. The summed E-state index contributed by atoms with van der Waals surface area (Å²) in [5, 5.41) is 8.91. The maximum absolute atomic E-state index is 11.8. The minimum Gasteiger partial charge on any atom is -0.395 e. The maximum atomic E-state index is 11.8. The van der Waals surface area contributed by atoms with E-state index in [1.54, 1.807) is 6.08 Å². The van der Waals surface area contributed by atoms with Crippen molar-refractivity contribution in [3.8, 4) is 0 Å². The Kier molecular flexibility index (Phi) is 7.88. The Morgan fingerprint density at radius 3 is 2.61 bits per heavy atom. The molecule has 18 heavy (non-hydrogen) atoms. The van der Waals surface area contributed by atoms with E-state index in [1.807, 2.05) is 41.3 Å². The van der Waals surface area contributed by atoms with Crippen molar-refractivity contribution in [3.05, 3.63) is 42.0 Å². The Bertz CT molecular complexity index is 373. The number of benzene rings is 1. The molecule has 1 rings (SSSR count). The topological polar surface area (TPSA) is 40.5 Å². The predicted octanol–water partition coefficient (Wildman–Crippen LogP) is 2.00. The van der Waals surface area contributed by atoms with E-state index in [2.05, 4.69) is 22.6 Å². The molecule has 0 atom stereocenters. The van der Waals surface area contributed by atoms with Gasteiger partial charge >= 0.3 is 0 Å². The van der Waals surface area contributed by atoms with E-state index < -0.39 is 0 Å². The molecular formula is C14H18INO2. The Balaban J connectivity index is 2.47. The van der Waals surface area contributed by atoms with Gasteiger partial charge in [-0.25, -0.2) is 0 Å². The van der Waals surface area contributed by atoms with Gasteiger partial charge in [0, 0.05) is 17.5 Å². The highest BCUT2D eigenvalue weighted by molar-refractivity contribution is 14.1. The van der Waals surface area contributed by atoms with Crippen LogP contribution in [0.3, 0.4) is 0 Å². The van der Waals surface area contributed by atoms with E-state index in [0.29, 0.717) is 13.1 Å². The summed E-state index contributed by atoms with van der Waals surface area (Å²) < 4.78 is 0.952. The number of carbonyl (C=O) groups excluding carboxylic acids is 1. The van der Waals surface area contributed by atoms with Crippen molar-refractivity contribution in [3.63, 3.8) is 0 Å². The minimum absolute atomic E-state index is 0.0668. The molecule has 1 aromatic rings. The van der Waals surface area contributed by atoms with Crippen LogP contribution in [0.1, 0.15) is 5.56 Å². The lowest BCUT2D eigenvalue weighted by Crippen LogP contribution is -2.33. The molecule has 0 fully saturated rings. The fraction of sp³-hybridized carbons (Fsp3) is 0.357. The van der Waals surface area contributed by atoms with Gasteiger partial charge in [-0.05, 0) is 11.6 Å². The molecule has 4 heteroatoms. The van der Waals surface area contributed by atoms with Crippen LogP contribution < -0.4 is 0 Å². The number of hydrogen-bond acceptors (Lipinski definition) is 3. The largest absolute Gasteiger partial charge is 0.395 e. The van der Waals surface area contributed by atoms with Gasteiger partial charge in [0.05, 0.1) is 13.2 Å². The van der Waals surface area contributed by atoms with Crippen LogP contribution in [-0.4, -0.2) is 46.5 Å². The van der Waals surface area contributed by atoms with Crippen molar-refractivity contribution in [2.24, 2.45) is 0 Å². The first-order valence-corrected chi connectivity index (χ1v) is 7.44. The number of rotatable bonds is 8. The van der Waals surface area contributed by atoms with Gasteiger partial charge in [-0.3, -0.25) is 9.69 Å². The average molecular weight is 359 g/mol. The lowest BCUT2D eigenvalue weighted by Gasteiger charge is -2.17. The zero-order chi connectivity index (χ0) is 13.2. The lowest BCUT2D eigenvalue weighted by atomic mass is 10.2. The third-order valence-corrected chi connectivity index (χ3v) is 2.94. The molecule has 1 aromatic carbocycles. The molecule has 0 heterocycles. The van der Waals surface area contributed by atoms with Gasteiger partial charge in [0.2, 0.25) is 0 Å². The Morgan fingerprint density at radius 1 is 1.28 bits per heavy atom. The van der Waals surface area contributed by atoms with Gasteiger partial charge in [-0.2, -0.15) is 0 Å². The molecule has 0 radical (unpaired) electrons. The number of ketones is 1. The number of alkyl halides is 1. The summed E-state index contributed by atoms with van der Waals surface area (Å²) in [4.78, 5) is 13.7. The zero-order valence-electron chi connectivity index (χ0n) is 10.3. The van der Waals surface area contributed by atoms with E-state index in [4.69, 9.17) is 5.11 Å². The van der Waals surface area contributed by atoms with Crippen molar-refractivity contribution in [2.75, 3.05) is 30.7 Å². The van der Waals surface area contributed by atoms with Gasteiger partial charge in [0.1, 0.15) is 0 Å². The van der Waals surface area contributed by atoms with Crippen molar-refractivity contribution >= 4 is 34.5 Å². The van der Waals surface area contributed by atoms with Crippen LogP contribution in [0.25, 0.3) is 6.08 Å². The van der Waals surface area contributed by atoms with Crippen LogP contribution in [0.15, 0.2) is 36.4 Å². The second-order valence-corrected chi connectivity index (χ2v) is 4.98. The molecule has 0 spiro atoms. The third-order valence-electron chi connectivity index (χ3n) is 2.46. The monoisotopic (exact) mass is 359 g/mol. The summed E-state index contributed by atoms with van der Waals surface area (Å²) in [5.41, 5.74) is 1.02. The highest BCUT2D eigenvalue weighted by Crippen LogP contribution is 2.01. The predicted molar refractivity (Wildman–Crippen MR) is 82.9 cm³/mol. The van der Waals surface area contributed by atoms with Gasteiger partial charge in [-0.1, -0.05) is 59.0 Å². The van der Waals surface area contributed by atoms with Crippen molar-refractivity contribution in [2.45, 2.75) is 0 Å². The quantitative estimate of drug-likeness (QED) is 0.439. The van der Waals surface area contributed by atoms with Crippen molar-refractivity contribution < 1.29 is 9.90 Å². The summed E-state index contributed by atoms with van der Waals surface area (Å²) >= 11 is 2.27. The fourth-order valence-corrected chi connectivity index (χ4v) is 2.24. The zero-order valence-corrected chi connectivity index (χ0v) is 12.4. The van der Waals surface area contributed by atoms with Crippen LogP contribution in [0.2, 0.25) is 0 Å². The molecule has 0 saturated heterocycles. The van der Waals surface area contributed by atoms with Crippen LogP contribution >= 0.6 is 22.6 Å². The molecule has 0 aliphatic rings. The van der Waals surface area contributed by atoms with Crippen LogP contribution in [-0.2, 0) is 4.79 Å². The molecule has 0 unspecified atom stereocenters. The first kappa shape index (κ1) is 15.3. The van der Waals surface area contributed by atoms with Gasteiger partial charge < -0.3 is 5.11 Å². The summed E-state index contributed by atoms with van der Waals surface area (Å²) in [6.45, 7) is 1.83. The first-order chi connectivity index (χ1) is 8.76.